The molecule has 2 aliphatic carbocycles. The highest BCUT2D eigenvalue weighted by Gasteiger charge is 2.41. The zero-order chi connectivity index (χ0) is 25.0. The molecular formula is C28H34N2O5. The van der Waals surface area contributed by atoms with Crippen LogP contribution in [0.4, 0.5) is 4.79 Å². The van der Waals surface area contributed by atoms with E-state index in [0.29, 0.717) is 25.8 Å². The number of carbonyl (C=O) groups is 3. The number of hydrogen-bond donors (Lipinski definition) is 3. The third-order valence-corrected chi connectivity index (χ3v) is 7.83. The molecule has 0 heterocycles. The van der Waals surface area contributed by atoms with Crippen LogP contribution in [0.5, 0.6) is 0 Å². The van der Waals surface area contributed by atoms with Crippen LogP contribution < -0.4 is 10.6 Å². The average Bonchev–Trinajstić information content (AvgIpc) is 3.47. The average molecular weight is 479 g/mol. The first-order valence-electron chi connectivity index (χ1n) is 12.5. The van der Waals surface area contributed by atoms with Gasteiger partial charge in [0.25, 0.3) is 0 Å². The lowest BCUT2D eigenvalue weighted by atomic mass is 9.89. The molecule has 0 spiro atoms. The van der Waals surface area contributed by atoms with E-state index in [4.69, 9.17) is 4.74 Å². The summed E-state index contributed by atoms with van der Waals surface area (Å²) in [6.07, 6.45) is 2.50. The standard InChI is InChI=1S/C28H34N2O5/c1-3-28(4-2,26(32)33)30-25(31)19-15-9-10-18(19)16-29-27(34)35-17-24-22-13-7-5-11-20(22)21-12-6-8-14-23(21)24/h5-8,11-14,18-19,24H,3-4,9-10,15-17H2,1-2H3,(H,29,34)(H,30,31)(H,32,33)/t18-,19-/m0/s1. The summed E-state index contributed by atoms with van der Waals surface area (Å²) in [5.74, 6) is -1.63. The van der Waals surface area contributed by atoms with Crippen molar-refractivity contribution in [2.45, 2.75) is 57.4 Å². The number of amides is 2. The highest BCUT2D eigenvalue weighted by Crippen LogP contribution is 2.44. The molecule has 0 aromatic heterocycles. The van der Waals surface area contributed by atoms with Crippen LogP contribution >= 0.6 is 0 Å². The minimum Gasteiger partial charge on any atom is -0.480 e. The normalized spacial score (nSPS) is 19.0. The van der Waals surface area contributed by atoms with Crippen molar-refractivity contribution in [1.82, 2.24) is 10.6 Å². The Morgan fingerprint density at radius 1 is 0.971 bits per heavy atom. The van der Waals surface area contributed by atoms with Crippen molar-refractivity contribution < 1.29 is 24.2 Å². The summed E-state index contributed by atoms with van der Waals surface area (Å²) in [6, 6.07) is 16.4. The van der Waals surface area contributed by atoms with E-state index >= 15 is 0 Å². The van der Waals surface area contributed by atoms with E-state index in [2.05, 4.69) is 34.9 Å². The summed E-state index contributed by atoms with van der Waals surface area (Å²) in [5, 5.41) is 15.3. The quantitative estimate of drug-likeness (QED) is 0.485. The van der Waals surface area contributed by atoms with E-state index in [1.165, 1.54) is 11.1 Å². The molecular weight excluding hydrogens is 444 g/mol. The first kappa shape index (κ1) is 24.8. The molecule has 35 heavy (non-hydrogen) atoms. The maximum atomic E-state index is 13.0. The molecule has 3 N–H and O–H groups in total. The van der Waals surface area contributed by atoms with Gasteiger partial charge in [0.2, 0.25) is 5.91 Å². The summed E-state index contributed by atoms with van der Waals surface area (Å²) in [7, 11) is 0. The number of fused-ring (bicyclic) bond motifs is 3. The molecule has 2 atom stereocenters. The number of alkyl carbamates (subject to hydrolysis) is 1. The molecule has 2 aromatic carbocycles. The third-order valence-electron chi connectivity index (χ3n) is 7.83. The predicted molar refractivity (Wildman–Crippen MR) is 133 cm³/mol. The Morgan fingerprint density at radius 3 is 2.14 bits per heavy atom. The number of aliphatic carboxylic acids is 1. The number of rotatable bonds is 9. The second-order valence-electron chi connectivity index (χ2n) is 9.59. The van der Waals surface area contributed by atoms with Crippen molar-refractivity contribution in [3.63, 3.8) is 0 Å². The van der Waals surface area contributed by atoms with E-state index in [0.717, 1.165) is 24.0 Å². The number of carbonyl (C=O) groups excluding carboxylic acids is 2. The first-order valence-corrected chi connectivity index (χ1v) is 12.5. The van der Waals surface area contributed by atoms with E-state index in [-0.39, 0.29) is 30.3 Å². The van der Waals surface area contributed by atoms with Crippen molar-refractivity contribution in [2.75, 3.05) is 13.2 Å². The largest absolute Gasteiger partial charge is 0.480 e. The molecule has 0 unspecified atom stereocenters. The SMILES string of the molecule is CCC(CC)(NC(=O)[C@H]1CCC[C@H]1CNC(=O)OCC1c2ccccc2-c2ccccc21)C(=O)O. The summed E-state index contributed by atoms with van der Waals surface area (Å²) in [4.78, 5) is 37.3. The Bertz CT molecular complexity index is 1050. The van der Waals surface area contributed by atoms with Crippen molar-refractivity contribution in [1.29, 1.82) is 0 Å². The van der Waals surface area contributed by atoms with Crippen LogP contribution in [0.2, 0.25) is 0 Å². The van der Waals surface area contributed by atoms with Crippen LogP contribution in [0, 0.1) is 11.8 Å². The molecule has 0 radical (unpaired) electrons. The molecule has 1 fully saturated rings. The minimum absolute atomic E-state index is 0.00890. The van der Waals surface area contributed by atoms with Gasteiger partial charge in [0.1, 0.15) is 12.1 Å². The maximum absolute atomic E-state index is 13.0. The molecule has 0 aliphatic heterocycles. The molecule has 0 saturated heterocycles. The lowest BCUT2D eigenvalue weighted by Crippen LogP contribution is -2.55. The summed E-state index contributed by atoms with van der Waals surface area (Å²) in [5.41, 5.74) is 3.41. The summed E-state index contributed by atoms with van der Waals surface area (Å²) >= 11 is 0. The fourth-order valence-corrected chi connectivity index (χ4v) is 5.60. The Morgan fingerprint density at radius 2 is 1.57 bits per heavy atom. The first-order chi connectivity index (χ1) is 16.9. The van der Waals surface area contributed by atoms with Gasteiger partial charge in [-0.05, 0) is 53.9 Å². The lowest BCUT2D eigenvalue weighted by Gasteiger charge is -2.30. The fourth-order valence-electron chi connectivity index (χ4n) is 5.60. The topological polar surface area (TPSA) is 105 Å². The summed E-state index contributed by atoms with van der Waals surface area (Å²) in [6.45, 7) is 4.10. The Labute approximate surface area is 206 Å². The second kappa shape index (κ2) is 10.5. The van der Waals surface area contributed by atoms with E-state index < -0.39 is 17.6 Å². The molecule has 7 nitrogen and oxygen atoms in total. The molecule has 2 amide bonds. The van der Waals surface area contributed by atoms with Gasteiger partial charge in [0.15, 0.2) is 0 Å². The number of nitrogens with one attached hydrogen (secondary N) is 2. The highest BCUT2D eigenvalue weighted by molar-refractivity contribution is 5.88. The van der Waals surface area contributed by atoms with Crippen LogP contribution in [0.25, 0.3) is 11.1 Å². The van der Waals surface area contributed by atoms with Crippen LogP contribution in [0.15, 0.2) is 48.5 Å². The molecule has 1 saturated carbocycles. The summed E-state index contributed by atoms with van der Waals surface area (Å²) < 4.78 is 5.61. The van der Waals surface area contributed by atoms with E-state index in [1.54, 1.807) is 13.8 Å². The molecule has 2 aliphatic rings. The number of carboxylic acids is 1. The van der Waals surface area contributed by atoms with Gasteiger partial charge in [-0.1, -0.05) is 68.8 Å². The van der Waals surface area contributed by atoms with Gasteiger partial charge in [0.05, 0.1) is 0 Å². The number of carboxylic acid groups (broad SMARTS) is 1. The Kier molecular flexibility index (Phi) is 7.43. The second-order valence-corrected chi connectivity index (χ2v) is 9.59. The van der Waals surface area contributed by atoms with Crippen molar-refractivity contribution in [3.05, 3.63) is 59.7 Å². The Hall–Kier alpha value is -3.35. The van der Waals surface area contributed by atoms with Crippen molar-refractivity contribution in [3.8, 4) is 11.1 Å². The molecule has 0 bridgehead atoms. The van der Waals surface area contributed by atoms with Gasteiger partial charge in [-0.25, -0.2) is 9.59 Å². The zero-order valence-electron chi connectivity index (χ0n) is 20.4. The van der Waals surface area contributed by atoms with Crippen LogP contribution in [0.1, 0.15) is 63.0 Å². The van der Waals surface area contributed by atoms with Crippen LogP contribution in [-0.2, 0) is 14.3 Å². The van der Waals surface area contributed by atoms with Crippen molar-refractivity contribution in [2.24, 2.45) is 11.8 Å². The highest BCUT2D eigenvalue weighted by atomic mass is 16.5. The van der Waals surface area contributed by atoms with Gasteiger partial charge < -0.3 is 20.5 Å². The maximum Gasteiger partial charge on any atom is 0.407 e. The Balaban J connectivity index is 1.33. The van der Waals surface area contributed by atoms with Gasteiger partial charge >= 0.3 is 12.1 Å². The lowest BCUT2D eigenvalue weighted by molar-refractivity contribution is -0.149. The van der Waals surface area contributed by atoms with Crippen LogP contribution in [0.3, 0.4) is 0 Å². The minimum atomic E-state index is -1.25. The third kappa shape index (κ3) is 4.90. The number of ether oxygens (including phenoxy) is 1. The number of benzene rings is 2. The smallest absolute Gasteiger partial charge is 0.407 e. The van der Waals surface area contributed by atoms with E-state index in [9.17, 15) is 19.5 Å². The molecule has 4 rings (SSSR count). The fraction of sp³-hybridized carbons (Fsp3) is 0.464. The van der Waals surface area contributed by atoms with Gasteiger partial charge in [-0.3, -0.25) is 4.79 Å². The van der Waals surface area contributed by atoms with Gasteiger partial charge in [-0.2, -0.15) is 0 Å². The van der Waals surface area contributed by atoms with Crippen LogP contribution in [-0.4, -0.2) is 41.8 Å². The van der Waals surface area contributed by atoms with Crippen molar-refractivity contribution >= 4 is 18.0 Å². The zero-order valence-corrected chi connectivity index (χ0v) is 20.4. The molecule has 7 heteroatoms. The molecule has 2 aromatic rings. The number of hydrogen-bond acceptors (Lipinski definition) is 4. The van der Waals surface area contributed by atoms with Gasteiger partial charge in [-0.15, -0.1) is 0 Å². The van der Waals surface area contributed by atoms with Gasteiger partial charge in [0, 0.05) is 18.4 Å². The molecule has 186 valence electrons. The monoisotopic (exact) mass is 478 g/mol. The predicted octanol–water partition coefficient (Wildman–Crippen LogP) is 4.70. The van der Waals surface area contributed by atoms with E-state index in [1.807, 2.05) is 24.3 Å².